The number of pyridine rings is 1. The van der Waals surface area contributed by atoms with Crippen LogP contribution in [0.4, 0.5) is 19.0 Å². The standard InChI is InChI=1S/C19H19F3N4O3/c1-18(2,28-3)10-24-17-14-9-23-7-6-12(14)16(25-26-17)13-5-4-11(8-15(13)27)29-19(20,21)22/h4-9,27H,10H2,1-3H3,(H,24,26). The Labute approximate surface area is 164 Å². The molecular formula is C19H19F3N4O3. The van der Waals surface area contributed by atoms with E-state index in [0.29, 0.717) is 28.8 Å². The summed E-state index contributed by atoms with van der Waals surface area (Å²) in [6.07, 6.45) is -1.71. The summed E-state index contributed by atoms with van der Waals surface area (Å²) in [6, 6.07) is 4.96. The lowest BCUT2D eigenvalue weighted by atomic mass is 10.0. The van der Waals surface area contributed by atoms with Gasteiger partial charge in [-0.2, -0.15) is 0 Å². The van der Waals surface area contributed by atoms with Gasteiger partial charge in [-0.25, -0.2) is 0 Å². The summed E-state index contributed by atoms with van der Waals surface area (Å²) in [5.41, 5.74) is 0.0728. The van der Waals surface area contributed by atoms with Gasteiger partial charge in [0.25, 0.3) is 0 Å². The maximum absolute atomic E-state index is 12.4. The van der Waals surface area contributed by atoms with Gasteiger partial charge in [0.05, 0.1) is 5.60 Å². The van der Waals surface area contributed by atoms with Crippen molar-refractivity contribution in [3.63, 3.8) is 0 Å². The van der Waals surface area contributed by atoms with E-state index in [1.807, 2.05) is 13.8 Å². The molecule has 10 heteroatoms. The van der Waals surface area contributed by atoms with Crippen molar-refractivity contribution in [2.24, 2.45) is 0 Å². The molecule has 0 saturated carbocycles. The van der Waals surface area contributed by atoms with Crippen molar-refractivity contribution in [1.82, 2.24) is 15.2 Å². The molecule has 0 atom stereocenters. The number of alkyl halides is 3. The Morgan fingerprint density at radius 3 is 2.52 bits per heavy atom. The van der Waals surface area contributed by atoms with Crippen LogP contribution < -0.4 is 10.1 Å². The minimum absolute atomic E-state index is 0.215. The van der Waals surface area contributed by atoms with E-state index in [2.05, 4.69) is 25.2 Å². The molecule has 29 heavy (non-hydrogen) atoms. The number of anilines is 1. The second kappa shape index (κ2) is 7.70. The van der Waals surface area contributed by atoms with Crippen molar-refractivity contribution >= 4 is 16.6 Å². The van der Waals surface area contributed by atoms with E-state index in [9.17, 15) is 18.3 Å². The smallest absolute Gasteiger partial charge is 0.507 e. The van der Waals surface area contributed by atoms with Crippen molar-refractivity contribution < 1.29 is 27.8 Å². The Balaban J connectivity index is 2.00. The highest BCUT2D eigenvalue weighted by molar-refractivity contribution is 6.00. The Bertz CT molecular complexity index is 1030. The third kappa shape index (κ3) is 4.83. The average Bonchev–Trinajstić information content (AvgIpc) is 2.65. The summed E-state index contributed by atoms with van der Waals surface area (Å²) in [4.78, 5) is 4.10. The van der Waals surface area contributed by atoms with Gasteiger partial charge in [-0.3, -0.25) is 4.98 Å². The van der Waals surface area contributed by atoms with Gasteiger partial charge in [0.1, 0.15) is 17.2 Å². The van der Waals surface area contributed by atoms with Gasteiger partial charge in [0, 0.05) is 48.5 Å². The van der Waals surface area contributed by atoms with Crippen molar-refractivity contribution in [3.8, 4) is 22.8 Å². The number of rotatable bonds is 6. The predicted molar refractivity (Wildman–Crippen MR) is 101 cm³/mol. The van der Waals surface area contributed by atoms with Crippen LogP contribution in [0.1, 0.15) is 13.8 Å². The van der Waals surface area contributed by atoms with E-state index in [0.717, 1.165) is 12.1 Å². The molecule has 2 aromatic heterocycles. The summed E-state index contributed by atoms with van der Waals surface area (Å²) >= 11 is 0. The third-order valence-corrected chi connectivity index (χ3v) is 4.27. The fraction of sp³-hybridized carbons (Fsp3) is 0.316. The van der Waals surface area contributed by atoms with E-state index in [1.54, 1.807) is 25.6 Å². The molecule has 0 aliphatic heterocycles. The third-order valence-electron chi connectivity index (χ3n) is 4.27. The van der Waals surface area contributed by atoms with Crippen LogP contribution in [0.2, 0.25) is 0 Å². The number of ether oxygens (including phenoxy) is 2. The second-order valence-corrected chi connectivity index (χ2v) is 6.86. The van der Waals surface area contributed by atoms with Crippen LogP contribution in [0, 0.1) is 0 Å². The number of aromatic nitrogens is 3. The largest absolute Gasteiger partial charge is 0.573 e. The molecule has 0 amide bonds. The van der Waals surface area contributed by atoms with Gasteiger partial charge >= 0.3 is 6.36 Å². The molecule has 0 bridgehead atoms. The first-order valence-electron chi connectivity index (χ1n) is 8.58. The lowest BCUT2D eigenvalue weighted by Crippen LogP contribution is -2.32. The molecule has 2 N–H and O–H groups in total. The van der Waals surface area contributed by atoms with Crippen LogP contribution in [0.15, 0.2) is 36.7 Å². The molecule has 0 radical (unpaired) electrons. The number of nitrogens with zero attached hydrogens (tertiary/aromatic N) is 3. The molecule has 3 aromatic rings. The van der Waals surface area contributed by atoms with Crippen LogP contribution in [0.25, 0.3) is 22.0 Å². The van der Waals surface area contributed by atoms with Crippen molar-refractivity contribution in [3.05, 3.63) is 36.7 Å². The Hall–Kier alpha value is -3.14. The molecule has 1 aromatic carbocycles. The summed E-state index contributed by atoms with van der Waals surface area (Å²) in [6.45, 7) is 4.27. The minimum atomic E-state index is -4.85. The summed E-state index contributed by atoms with van der Waals surface area (Å²) in [5.74, 6) is -0.475. The van der Waals surface area contributed by atoms with E-state index in [1.165, 1.54) is 6.07 Å². The number of methoxy groups -OCH3 is 1. The predicted octanol–water partition coefficient (Wildman–Crippen LogP) is 4.13. The highest BCUT2D eigenvalue weighted by Crippen LogP contribution is 2.37. The molecule has 0 aliphatic rings. The van der Waals surface area contributed by atoms with Crippen LogP contribution in [-0.2, 0) is 4.74 Å². The number of fused-ring (bicyclic) bond motifs is 1. The van der Waals surface area contributed by atoms with Crippen LogP contribution >= 0.6 is 0 Å². The van der Waals surface area contributed by atoms with Gasteiger partial charge in [0.15, 0.2) is 5.82 Å². The topological polar surface area (TPSA) is 89.4 Å². The number of hydrogen-bond acceptors (Lipinski definition) is 7. The van der Waals surface area contributed by atoms with Gasteiger partial charge in [-0.15, -0.1) is 23.4 Å². The highest BCUT2D eigenvalue weighted by atomic mass is 19.4. The maximum atomic E-state index is 12.4. The normalized spacial score (nSPS) is 12.2. The second-order valence-electron chi connectivity index (χ2n) is 6.86. The van der Waals surface area contributed by atoms with E-state index in [-0.39, 0.29) is 5.56 Å². The molecule has 7 nitrogen and oxygen atoms in total. The molecule has 154 valence electrons. The Kier molecular flexibility index (Phi) is 5.47. The zero-order valence-electron chi connectivity index (χ0n) is 15.9. The van der Waals surface area contributed by atoms with Gasteiger partial charge < -0.3 is 19.9 Å². The van der Waals surface area contributed by atoms with E-state index >= 15 is 0 Å². The number of hydrogen-bond donors (Lipinski definition) is 2. The van der Waals surface area contributed by atoms with Crippen molar-refractivity contribution in [1.29, 1.82) is 0 Å². The molecular weight excluding hydrogens is 389 g/mol. The molecule has 0 fully saturated rings. The molecule has 2 heterocycles. The lowest BCUT2D eigenvalue weighted by Gasteiger charge is -2.23. The average molecular weight is 408 g/mol. The number of benzene rings is 1. The number of halogens is 3. The monoisotopic (exact) mass is 408 g/mol. The van der Waals surface area contributed by atoms with Gasteiger partial charge in [-0.05, 0) is 32.0 Å². The van der Waals surface area contributed by atoms with Crippen LogP contribution in [-0.4, -0.2) is 45.9 Å². The van der Waals surface area contributed by atoms with Crippen molar-refractivity contribution in [2.75, 3.05) is 19.0 Å². The maximum Gasteiger partial charge on any atom is 0.573 e. The molecule has 0 aliphatic carbocycles. The fourth-order valence-electron chi connectivity index (χ4n) is 2.60. The minimum Gasteiger partial charge on any atom is -0.507 e. The number of nitrogens with one attached hydrogen (secondary N) is 1. The van der Waals surface area contributed by atoms with Crippen LogP contribution in [0.3, 0.4) is 0 Å². The zero-order valence-corrected chi connectivity index (χ0v) is 15.9. The summed E-state index contributed by atoms with van der Waals surface area (Å²) < 4.78 is 46.3. The first-order chi connectivity index (χ1) is 13.6. The number of aromatic hydroxyl groups is 1. The first kappa shape index (κ1) is 20.6. The van der Waals surface area contributed by atoms with Gasteiger partial charge in [0.2, 0.25) is 0 Å². The van der Waals surface area contributed by atoms with Gasteiger partial charge in [-0.1, -0.05) is 0 Å². The zero-order chi connectivity index (χ0) is 21.2. The molecule has 3 rings (SSSR count). The lowest BCUT2D eigenvalue weighted by molar-refractivity contribution is -0.274. The summed E-state index contributed by atoms with van der Waals surface area (Å²) in [5, 5.41) is 23.0. The molecule has 0 saturated heterocycles. The first-order valence-corrected chi connectivity index (χ1v) is 8.58. The molecule has 0 spiro atoms. The summed E-state index contributed by atoms with van der Waals surface area (Å²) in [7, 11) is 1.60. The van der Waals surface area contributed by atoms with E-state index in [4.69, 9.17) is 4.74 Å². The quantitative estimate of drug-likeness (QED) is 0.634. The fourth-order valence-corrected chi connectivity index (χ4v) is 2.60. The Morgan fingerprint density at radius 2 is 1.86 bits per heavy atom. The highest BCUT2D eigenvalue weighted by Gasteiger charge is 2.31. The van der Waals surface area contributed by atoms with Crippen molar-refractivity contribution in [2.45, 2.75) is 25.8 Å². The molecule has 0 unspecified atom stereocenters. The number of phenolic OH excluding ortho intramolecular Hbond substituents is 1. The Morgan fingerprint density at radius 1 is 1.10 bits per heavy atom. The number of phenols is 1. The SMILES string of the molecule is COC(C)(C)CNc1nnc(-c2ccc(OC(F)(F)F)cc2O)c2ccncc12. The van der Waals surface area contributed by atoms with Crippen LogP contribution in [0.5, 0.6) is 11.5 Å². The van der Waals surface area contributed by atoms with E-state index < -0.39 is 23.5 Å².